The van der Waals surface area contributed by atoms with Crippen LogP contribution in [-0.2, 0) is 16.4 Å². The molecule has 1 saturated heterocycles. The van der Waals surface area contributed by atoms with E-state index in [0.717, 1.165) is 42.5 Å². The molecular formula is C20H27N5O3S. The molecule has 0 unspecified atom stereocenters. The van der Waals surface area contributed by atoms with E-state index in [1.54, 1.807) is 22.5 Å². The van der Waals surface area contributed by atoms with E-state index < -0.39 is 10.0 Å². The molecule has 0 spiro atoms. The Morgan fingerprint density at radius 3 is 2.45 bits per heavy atom. The number of piperazine rings is 1. The minimum absolute atomic E-state index is 0.346. The Bertz CT molecular complexity index is 953. The van der Waals surface area contributed by atoms with Crippen LogP contribution >= 0.6 is 0 Å². The molecule has 0 saturated carbocycles. The third kappa shape index (κ3) is 3.89. The number of ether oxygens (including phenoxy) is 1. The van der Waals surface area contributed by atoms with E-state index in [1.165, 1.54) is 0 Å². The summed E-state index contributed by atoms with van der Waals surface area (Å²) < 4.78 is 33.1. The van der Waals surface area contributed by atoms with Crippen LogP contribution in [0.4, 0.5) is 11.6 Å². The Kier molecular flexibility index (Phi) is 5.60. The highest BCUT2D eigenvalue weighted by atomic mass is 32.2. The summed E-state index contributed by atoms with van der Waals surface area (Å²) in [6.45, 7) is 8.60. The number of benzene rings is 1. The number of anilines is 2. The van der Waals surface area contributed by atoms with Crippen molar-refractivity contribution in [2.24, 2.45) is 0 Å². The molecule has 0 aliphatic carbocycles. The number of aromatic nitrogens is 2. The smallest absolute Gasteiger partial charge is 0.243 e. The molecule has 9 heteroatoms. The Balaban J connectivity index is 1.42. The first-order valence-corrected chi connectivity index (χ1v) is 11.6. The number of hydrogen-bond acceptors (Lipinski definition) is 7. The Hall–Kier alpha value is -2.39. The van der Waals surface area contributed by atoms with Crippen molar-refractivity contribution in [1.29, 1.82) is 0 Å². The molecule has 4 rings (SSSR count). The van der Waals surface area contributed by atoms with Gasteiger partial charge in [0.05, 0.1) is 11.5 Å². The first kappa shape index (κ1) is 19.9. The first-order chi connectivity index (χ1) is 14.0. The van der Waals surface area contributed by atoms with Gasteiger partial charge in [-0.3, -0.25) is 0 Å². The summed E-state index contributed by atoms with van der Waals surface area (Å²) in [4.78, 5) is 4.57. The van der Waals surface area contributed by atoms with Gasteiger partial charge in [0.1, 0.15) is 5.75 Å². The van der Waals surface area contributed by atoms with Crippen LogP contribution < -0.4 is 14.5 Å². The summed E-state index contributed by atoms with van der Waals surface area (Å²) in [6, 6.07) is 9.10. The Morgan fingerprint density at radius 2 is 1.79 bits per heavy atom. The third-order valence-corrected chi connectivity index (χ3v) is 7.48. The van der Waals surface area contributed by atoms with Gasteiger partial charge in [-0.25, -0.2) is 8.42 Å². The lowest BCUT2D eigenvalue weighted by molar-refractivity contribution is 0.356. The van der Waals surface area contributed by atoms with Crippen molar-refractivity contribution in [1.82, 2.24) is 14.5 Å². The fourth-order valence-corrected chi connectivity index (χ4v) is 5.31. The minimum atomic E-state index is -3.51. The van der Waals surface area contributed by atoms with Gasteiger partial charge in [0.15, 0.2) is 11.6 Å². The molecular weight excluding hydrogens is 390 g/mol. The molecule has 0 N–H and O–H groups in total. The molecule has 8 nitrogen and oxygen atoms in total. The van der Waals surface area contributed by atoms with Crippen molar-refractivity contribution in [3.05, 3.63) is 35.9 Å². The molecule has 1 aromatic heterocycles. The van der Waals surface area contributed by atoms with Crippen LogP contribution in [0.25, 0.3) is 0 Å². The minimum Gasteiger partial charge on any atom is -0.493 e. The SMILES string of the molecule is CCN(CC)c1ccc(N2CCN(S(=O)(=O)c3ccc4c(c3)CCO4)CC2)nn1. The maximum absolute atomic E-state index is 13.0. The molecule has 0 bridgehead atoms. The predicted molar refractivity (Wildman–Crippen MR) is 112 cm³/mol. The average molecular weight is 418 g/mol. The van der Waals surface area contributed by atoms with Gasteiger partial charge in [0, 0.05) is 45.7 Å². The fraction of sp³-hybridized carbons (Fsp3) is 0.500. The van der Waals surface area contributed by atoms with Gasteiger partial charge in [0.2, 0.25) is 10.0 Å². The monoisotopic (exact) mass is 417 g/mol. The van der Waals surface area contributed by atoms with Crippen molar-refractivity contribution in [3.63, 3.8) is 0 Å². The van der Waals surface area contributed by atoms with E-state index in [9.17, 15) is 8.42 Å². The van der Waals surface area contributed by atoms with Crippen LogP contribution in [0.2, 0.25) is 0 Å². The van der Waals surface area contributed by atoms with E-state index >= 15 is 0 Å². The summed E-state index contributed by atoms with van der Waals surface area (Å²) in [5.41, 5.74) is 0.966. The molecule has 0 atom stereocenters. The summed E-state index contributed by atoms with van der Waals surface area (Å²) in [6.07, 6.45) is 0.759. The second kappa shape index (κ2) is 8.16. The summed E-state index contributed by atoms with van der Waals surface area (Å²) in [5, 5.41) is 8.69. The fourth-order valence-electron chi connectivity index (χ4n) is 3.83. The van der Waals surface area contributed by atoms with Gasteiger partial charge in [-0.1, -0.05) is 0 Å². The van der Waals surface area contributed by atoms with Crippen molar-refractivity contribution in [3.8, 4) is 5.75 Å². The zero-order valence-electron chi connectivity index (χ0n) is 16.9. The first-order valence-electron chi connectivity index (χ1n) is 10.1. The molecule has 2 aliphatic rings. The van der Waals surface area contributed by atoms with E-state index in [0.29, 0.717) is 37.7 Å². The standard InChI is InChI=1S/C20H27N5O3S/c1-3-23(4-2)19-7-8-20(22-21-19)24-10-12-25(13-11-24)29(26,27)17-5-6-18-16(15-17)9-14-28-18/h5-8,15H,3-4,9-14H2,1-2H3. The highest BCUT2D eigenvalue weighted by Crippen LogP contribution is 2.29. The van der Waals surface area contributed by atoms with Crippen molar-refractivity contribution < 1.29 is 13.2 Å². The average Bonchev–Trinajstić information content (AvgIpc) is 3.23. The Labute approximate surface area is 172 Å². The molecule has 3 heterocycles. The van der Waals surface area contributed by atoms with Gasteiger partial charge in [-0.15, -0.1) is 10.2 Å². The molecule has 156 valence electrons. The number of hydrogen-bond donors (Lipinski definition) is 0. The summed E-state index contributed by atoms with van der Waals surface area (Å²) in [7, 11) is -3.51. The van der Waals surface area contributed by atoms with Crippen LogP contribution in [0.3, 0.4) is 0 Å². The van der Waals surface area contributed by atoms with Gasteiger partial charge in [0.25, 0.3) is 0 Å². The molecule has 0 radical (unpaired) electrons. The topological polar surface area (TPSA) is 78.9 Å². The van der Waals surface area contributed by atoms with Crippen LogP contribution in [0.1, 0.15) is 19.4 Å². The molecule has 1 aromatic carbocycles. The van der Waals surface area contributed by atoms with Gasteiger partial charge < -0.3 is 14.5 Å². The van der Waals surface area contributed by atoms with Crippen LogP contribution in [-0.4, -0.2) is 68.8 Å². The second-order valence-electron chi connectivity index (χ2n) is 7.18. The zero-order valence-corrected chi connectivity index (χ0v) is 17.7. The van der Waals surface area contributed by atoms with E-state index in [-0.39, 0.29) is 0 Å². The molecule has 2 aromatic rings. The predicted octanol–water partition coefficient (Wildman–Crippen LogP) is 1.77. The lowest BCUT2D eigenvalue weighted by atomic mass is 10.2. The maximum atomic E-state index is 13.0. The Morgan fingerprint density at radius 1 is 1.03 bits per heavy atom. The van der Waals surface area contributed by atoms with Crippen LogP contribution in [0, 0.1) is 0 Å². The quantitative estimate of drug-likeness (QED) is 0.709. The molecule has 29 heavy (non-hydrogen) atoms. The zero-order chi connectivity index (χ0) is 20.4. The lowest BCUT2D eigenvalue weighted by Gasteiger charge is -2.34. The van der Waals surface area contributed by atoms with E-state index in [4.69, 9.17) is 4.74 Å². The van der Waals surface area contributed by atoms with Gasteiger partial charge in [-0.05, 0) is 49.7 Å². The molecule has 1 fully saturated rings. The second-order valence-corrected chi connectivity index (χ2v) is 9.12. The van der Waals surface area contributed by atoms with Crippen molar-refractivity contribution in [2.75, 3.05) is 55.7 Å². The van der Waals surface area contributed by atoms with E-state index in [1.807, 2.05) is 12.1 Å². The summed E-state index contributed by atoms with van der Waals surface area (Å²) in [5.74, 6) is 2.44. The van der Waals surface area contributed by atoms with Crippen molar-refractivity contribution >= 4 is 21.7 Å². The number of sulfonamides is 1. The van der Waals surface area contributed by atoms with Crippen LogP contribution in [0.15, 0.2) is 35.2 Å². The highest BCUT2D eigenvalue weighted by Gasteiger charge is 2.30. The van der Waals surface area contributed by atoms with E-state index in [2.05, 4.69) is 33.8 Å². The third-order valence-electron chi connectivity index (χ3n) is 5.59. The maximum Gasteiger partial charge on any atom is 0.243 e. The summed E-state index contributed by atoms with van der Waals surface area (Å²) >= 11 is 0. The van der Waals surface area contributed by atoms with Gasteiger partial charge in [-0.2, -0.15) is 4.31 Å². The van der Waals surface area contributed by atoms with Crippen LogP contribution in [0.5, 0.6) is 5.75 Å². The normalized spacial score (nSPS) is 17.1. The largest absolute Gasteiger partial charge is 0.493 e. The molecule has 2 aliphatic heterocycles. The lowest BCUT2D eigenvalue weighted by Crippen LogP contribution is -2.49. The van der Waals surface area contributed by atoms with Crippen molar-refractivity contribution in [2.45, 2.75) is 25.2 Å². The highest BCUT2D eigenvalue weighted by molar-refractivity contribution is 7.89. The number of rotatable bonds is 6. The molecule has 0 amide bonds. The number of nitrogens with zero attached hydrogens (tertiary/aromatic N) is 5. The number of fused-ring (bicyclic) bond motifs is 1. The van der Waals surface area contributed by atoms with Gasteiger partial charge >= 0.3 is 0 Å².